The molecule has 2 rings (SSSR count). The lowest BCUT2D eigenvalue weighted by Gasteiger charge is -2.11. The summed E-state index contributed by atoms with van der Waals surface area (Å²) in [5, 5.41) is 3.08. The van der Waals surface area contributed by atoms with Crippen LogP contribution >= 0.6 is 0 Å². The molecule has 0 unspecified atom stereocenters. The summed E-state index contributed by atoms with van der Waals surface area (Å²) in [4.78, 5) is 37.6. The number of nitrogens with one attached hydrogen (secondary N) is 1. The van der Waals surface area contributed by atoms with Gasteiger partial charge in [-0.15, -0.1) is 0 Å². The Morgan fingerprint density at radius 2 is 1.85 bits per heavy atom. The first-order valence-electron chi connectivity index (χ1n) is 6.32. The maximum Gasteiger partial charge on any atom is 0.261 e. The van der Waals surface area contributed by atoms with Crippen LogP contribution in [0.5, 0.6) is 0 Å². The molecule has 0 fully saturated rings. The van der Waals surface area contributed by atoms with Crippen LogP contribution in [0.3, 0.4) is 0 Å². The summed E-state index contributed by atoms with van der Waals surface area (Å²) >= 11 is 0. The highest BCUT2D eigenvalue weighted by molar-refractivity contribution is 6.21. The van der Waals surface area contributed by atoms with Crippen LogP contribution < -0.4 is 5.32 Å². The molecule has 1 aliphatic heterocycles. The molecule has 0 bridgehead atoms. The van der Waals surface area contributed by atoms with Gasteiger partial charge in [-0.2, -0.15) is 0 Å². The van der Waals surface area contributed by atoms with Crippen LogP contribution in [-0.2, 0) is 4.79 Å². The van der Waals surface area contributed by atoms with Crippen molar-refractivity contribution in [3.05, 3.63) is 29.3 Å². The highest BCUT2D eigenvalue weighted by Crippen LogP contribution is 2.24. The summed E-state index contributed by atoms with van der Waals surface area (Å²) in [7, 11) is 4.88. The van der Waals surface area contributed by atoms with Crippen LogP contribution in [0.4, 0.5) is 5.69 Å². The summed E-state index contributed by atoms with van der Waals surface area (Å²) in [5.41, 5.74) is 1.56. The Hall–Kier alpha value is -2.37. The molecular formula is C14H17N3O3. The minimum atomic E-state index is -0.294. The minimum Gasteiger partial charge on any atom is -0.385 e. The zero-order valence-corrected chi connectivity index (χ0v) is 11.8. The van der Waals surface area contributed by atoms with Crippen molar-refractivity contribution in [3.8, 4) is 0 Å². The van der Waals surface area contributed by atoms with Gasteiger partial charge in [0.05, 0.1) is 11.1 Å². The Kier molecular flexibility index (Phi) is 3.74. The number of rotatable bonds is 4. The van der Waals surface area contributed by atoms with Crippen molar-refractivity contribution in [1.82, 2.24) is 9.80 Å². The molecule has 1 heterocycles. The molecule has 106 valence electrons. The largest absolute Gasteiger partial charge is 0.385 e. The van der Waals surface area contributed by atoms with Crippen molar-refractivity contribution in [2.24, 2.45) is 0 Å². The number of amides is 3. The first kappa shape index (κ1) is 14.0. The van der Waals surface area contributed by atoms with Gasteiger partial charge in [0, 0.05) is 39.8 Å². The van der Waals surface area contributed by atoms with Crippen LogP contribution in [0.25, 0.3) is 0 Å². The number of fused-ring (bicyclic) bond motifs is 1. The Morgan fingerprint density at radius 1 is 1.20 bits per heavy atom. The Morgan fingerprint density at radius 3 is 2.50 bits per heavy atom. The van der Waals surface area contributed by atoms with E-state index in [0.717, 1.165) is 10.6 Å². The van der Waals surface area contributed by atoms with E-state index in [1.54, 1.807) is 32.3 Å². The number of hydrogen-bond acceptors (Lipinski definition) is 4. The third-order valence-electron chi connectivity index (χ3n) is 3.26. The lowest BCUT2D eigenvalue weighted by molar-refractivity contribution is -0.128. The molecule has 6 nitrogen and oxygen atoms in total. The summed E-state index contributed by atoms with van der Waals surface area (Å²) in [5.74, 6) is -0.540. The summed E-state index contributed by atoms with van der Waals surface area (Å²) in [6.07, 6.45) is 0.372. The first-order chi connectivity index (χ1) is 9.41. The zero-order valence-electron chi connectivity index (χ0n) is 11.8. The number of imide groups is 1. The van der Waals surface area contributed by atoms with E-state index in [-0.39, 0.29) is 17.7 Å². The number of hydrogen-bond donors (Lipinski definition) is 1. The van der Waals surface area contributed by atoms with E-state index in [2.05, 4.69) is 5.32 Å². The fraction of sp³-hybridized carbons (Fsp3) is 0.357. The molecule has 1 aromatic rings. The number of benzene rings is 1. The zero-order chi connectivity index (χ0) is 14.9. The predicted octanol–water partition coefficient (Wildman–Crippen LogP) is 0.803. The topological polar surface area (TPSA) is 69.7 Å². The standard InChI is InChI=1S/C14H17N3O3/c1-16(2)12(18)6-7-15-9-4-5-10-11(8-9)14(20)17(3)13(10)19/h4-5,8,15H,6-7H2,1-3H3. The van der Waals surface area contributed by atoms with Gasteiger partial charge < -0.3 is 10.2 Å². The van der Waals surface area contributed by atoms with Crippen LogP contribution in [0, 0.1) is 0 Å². The second-order valence-corrected chi connectivity index (χ2v) is 4.89. The van der Waals surface area contributed by atoms with Crippen LogP contribution in [0.15, 0.2) is 18.2 Å². The highest BCUT2D eigenvalue weighted by atomic mass is 16.2. The average Bonchev–Trinajstić information content (AvgIpc) is 2.63. The molecule has 1 aromatic carbocycles. The summed E-state index contributed by atoms with van der Waals surface area (Å²) in [6.45, 7) is 0.480. The van der Waals surface area contributed by atoms with Crippen molar-refractivity contribution in [2.75, 3.05) is 33.0 Å². The lowest BCUT2D eigenvalue weighted by atomic mass is 10.1. The Balaban J connectivity index is 2.04. The van der Waals surface area contributed by atoms with Crippen molar-refractivity contribution in [3.63, 3.8) is 0 Å². The molecule has 1 N–H and O–H groups in total. The predicted molar refractivity (Wildman–Crippen MR) is 74.7 cm³/mol. The molecule has 0 radical (unpaired) electrons. The van der Waals surface area contributed by atoms with Crippen LogP contribution in [0.2, 0.25) is 0 Å². The van der Waals surface area contributed by atoms with Crippen molar-refractivity contribution >= 4 is 23.4 Å². The second-order valence-electron chi connectivity index (χ2n) is 4.89. The van der Waals surface area contributed by atoms with E-state index in [0.29, 0.717) is 24.1 Å². The van der Waals surface area contributed by atoms with Gasteiger partial charge in [-0.05, 0) is 18.2 Å². The smallest absolute Gasteiger partial charge is 0.261 e. The fourth-order valence-electron chi connectivity index (χ4n) is 2.01. The monoisotopic (exact) mass is 275 g/mol. The van der Waals surface area contributed by atoms with Gasteiger partial charge in [-0.1, -0.05) is 0 Å². The number of nitrogens with zero attached hydrogens (tertiary/aromatic N) is 2. The fourth-order valence-corrected chi connectivity index (χ4v) is 2.01. The average molecular weight is 275 g/mol. The van der Waals surface area contributed by atoms with Crippen molar-refractivity contribution < 1.29 is 14.4 Å². The van der Waals surface area contributed by atoms with Gasteiger partial charge in [-0.25, -0.2) is 0 Å². The summed E-state index contributed by atoms with van der Waals surface area (Å²) < 4.78 is 0. The third kappa shape index (κ3) is 2.49. The molecule has 0 aromatic heterocycles. The Bertz CT molecular complexity index is 581. The SMILES string of the molecule is CN(C)C(=O)CCNc1ccc2c(c1)C(=O)N(C)C2=O. The maximum absolute atomic E-state index is 11.8. The second kappa shape index (κ2) is 5.32. The van der Waals surface area contributed by atoms with E-state index >= 15 is 0 Å². The Labute approximate surface area is 117 Å². The van der Waals surface area contributed by atoms with Gasteiger partial charge in [0.25, 0.3) is 11.8 Å². The number of carbonyl (C=O) groups is 3. The quantitative estimate of drug-likeness (QED) is 0.825. The van der Waals surface area contributed by atoms with Crippen molar-refractivity contribution in [2.45, 2.75) is 6.42 Å². The summed E-state index contributed by atoms with van der Waals surface area (Å²) in [6, 6.07) is 5.03. The van der Waals surface area contributed by atoms with Crippen LogP contribution in [0.1, 0.15) is 27.1 Å². The van der Waals surface area contributed by atoms with Gasteiger partial charge in [0.15, 0.2) is 0 Å². The van der Waals surface area contributed by atoms with E-state index < -0.39 is 0 Å². The normalized spacial score (nSPS) is 13.4. The maximum atomic E-state index is 11.8. The molecule has 0 spiro atoms. The van der Waals surface area contributed by atoms with Crippen LogP contribution in [-0.4, -0.2) is 55.2 Å². The molecule has 1 aliphatic rings. The molecule has 0 atom stereocenters. The molecule has 3 amide bonds. The van der Waals surface area contributed by atoms with E-state index in [1.807, 2.05) is 0 Å². The van der Waals surface area contributed by atoms with Crippen molar-refractivity contribution in [1.29, 1.82) is 0 Å². The molecular weight excluding hydrogens is 258 g/mol. The lowest BCUT2D eigenvalue weighted by Crippen LogP contribution is -2.24. The molecule has 0 saturated carbocycles. The minimum absolute atomic E-state index is 0.0321. The number of carbonyl (C=O) groups excluding carboxylic acids is 3. The third-order valence-corrected chi connectivity index (χ3v) is 3.26. The van der Waals surface area contributed by atoms with Gasteiger partial charge in [-0.3, -0.25) is 19.3 Å². The van der Waals surface area contributed by atoms with E-state index in [9.17, 15) is 14.4 Å². The number of anilines is 1. The molecule has 0 saturated heterocycles. The van der Waals surface area contributed by atoms with Gasteiger partial charge >= 0.3 is 0 Å². The van der Waals surface area contributed by atoms with Gasteiger partial charge in [0.2, 0.25) is 5.91 Å². The molecule has 20 heavy (non-hydrogen) atoms. The molecule has 6 heteroatoms. The molecule has 0 aliphatic carbocycles. The van der Waals surface area contributed by atoms with E-state index in [1.165, 1.54) is 11.9 Å². The highest BCUT2D eigenvalue weighted by Gasteiger charge is 2.32. The van der Waals surface area contributed by atoms with Gasteiger partial charge in [0.1, 0.15) is 0 Å². The first-order valence-corrected chi connectivity index (χ1v) is 6.32. The van der Waals surface area contributed by atoms with E-state index in [4.69, 9.17) is 0 Å².